The van der Waals surface area contributed by atoms with Crippen LogP contribution in [0, 0.1) is 6.92 Å². The van der Waals surface area contributed by atoms with Crippen molar-refractivity contribution < 1.29 is 19.4 Å². The standard InChI is InChI=1S/C20H23NO4/c1-13-7-5-6-8-15(13)17-11-14(9-10-16(17)18(22)23)12-21-19(24)25-20(2,3)4/h5-11H,12H2,1-4H3,(H,21,24)(H,22,23). The molecule has 5 nitrogen and oxygen atoms in total. The Labute approximate surface area is 147 Å². The lowest BCUT2D eigenvalue weighted by atomic mass is 9.94. The number of alkyl carbamates (subject to hydrolysis) is 1. The number of amides is 1. The largest absolute Gasteiger partial charge is 0.478 e. The summed E-state index contributed by atoms with van der Waals surface area (Å²) in [6.07, 6.45) is -0.507. The highest BCUT2D eigenvalue weighted by Gasteiger charge is 2.17. The van der Waals surface area contributed by atoms with E-state index in [-0.39, 0.29) is 12.1 Å². The van der Waals surface area contributed by atoms with Crippen molar-refractivity contribution in [3.8, 4) is 11.1 Å². The topological polar surface area (TPSA) is 75.6 Å². The van der Waals surface area contributed by atoms with Gasteiger partial charge in [0, 0.05) is 6.54 Å². The summed E-state index contributed by atoms with van der Waals surface area (Å²) in [5, 5.41) is 12.2. The van der Waals surface area contributed by atoms with Gasteiger partial charge in [-0.05, 0) is 62.1 Å². The van der Waals surface area contributed by atoms with E-state index in [2.05, 4.69) is 5.32 Å². The molecule has 132 valence electrons. The monoisotopic (exact) mass is 341 g/mol. The SMILES string of the molecule is Cc1ccccc1-c1cc(CNC(=O)OC(C)(C)C)ccc1C(=O)O. The van der Waals surface area contributed by atoms with Gasteiger partial charge in [-0.25, -0.2) is 9.59 Å². The second-order valence-electron chi connectivity index (χ2n) is 6.86. The van der Waals surface area contributed by atoms with Gasteiger partial charge in [0.15, 0.2) is 0 Å². The summed E-state index contributed by atoms with van der Waals surface area (Å²) in [5.41, 5.74) is 2.95. The molecule has 2 aromatic carbocycles. The van der Waals surface area contributed by atoms with Gasteiger partial charge in [-0.15, -0.1) is 0 Å². The van der Waals surface area contributed by atoms with Crippen LogP contribution in [-0.2, 0) is 11.3 Å². The van der Waals surface area contributed by atoms with Gasteiger partial charge >= 0.3 is 12.1 Å². The fourth-order valence-corrected chi connectivity index (χ4v) is 2.47. The second kappa shape index (κ2) is 7.38. The maximum Gasteiger partial charge on any atom is 0.407 e. The molecule has 2 rings (SSSR count). The molecule has 0 aliphatic heterocycles. The van der Waals surface area contributed by atoms with Crippen molar-refractivity contribution in [2.45, 2.75) is 39.8 Å². The van der Waals surface area contributed by atoms with Crippen LogP contribution in [0.15, 0.2) is 42.5 Å². The van der Waals surface area contributed by atoms with E-state index >= 15 is 0 Å². The van der Waals surface area contributed by atoms with Crippen LogP contribution in [0.5, 0.6) is 0 Å². The molecule has 25 heavy (non-hydrogen) atoms. The van der Waals surface area contributed by atoms with Crippen molar-refractivity contribution >= 4 is 12.1 Å². The number of benzene rings is 2. The predicted molar refractivity (Wildman–Crippen MR) is 96.6 cm³/mol. The quantitative estimate of drug-likeness (QED) is 0.865. The lowest BCUT2D eigenvalue weighted by molar-refractivity contribution is 0.0522. The molecule has 0 atom stereocenters. The van der Waals surface area contributed by atoms with Crippen molar-refractivity contribution in [1.29, 1.82) is 0 Å². The summed E-state index contributed by atoms with van der Waals surface area (Å²) in [7, 11) is 0. The van der Waals surface area contributed by atoms with E-state index in [0.29, 0.717) is 5.56 Å². The van der Waals surface area contributed by atoms with Crippen LogP contribution in [0.4, 0.5) is 4.79 Å². The molecule has 0 fully saturated rings. The fraction of sp³-hybridized carbons (Fsp3) is 0.300. The van der Waals surface area contributed by atoms with Crippen molar-refractivity contribution in [2.75, 3.05) is 0 Å². The van der Waals surface area contributed by atoms with Gasteiger partial charge in [-0.1, -0.05) is 30.3 Å². The second-order valence-corrected chi connectivity index (χ2v) is 6.86. The molecule has 0 saturated carbocycles. The summed E-state index contributed by atoms with van der Waals surface area (Å²) < 4.78 is 5.21. The Morgan fingerprint density at radius 3 is 2.36 bits per heavy atom. The van der Waals surface area contributed by atoms with E-state index in [1.165, 1.54) is 0 Å². The third kappa shape index (κ3) is 5.08. The molecule has 1 amide bonds. The molecule has 0 radical (unpaired) electrons. The first kappa shape index (κ1) is 18.5. The molecule has 0 aliphatic rings. The fourth-order valence-electron chi connectivity index (χ4n) is 2.47. The Balaban J connectivity index is 2.28. The lowest BCUT2D eigenvalue weighted by Crippen LogP contribution is -2.32. The molecule has 0 spiro atoms. The molecular weight excluding hydrogens is 318 g/mol. The van der Waals surface area contributed by atoms with Gasteiger partial charge in [-0.3, -0.25) is 0 Å². The first-order valence-electron chi connectivity index (χ1n) is 8.06. The molecule has 2 N–H and O–H groups in total. The first-order chi connectivity index (χ1) is 11.7. The van der Waals surface area contributed by atoms with Crippen LogP contribution < -0.4 is 5.32 Å². The highest BCUT2D eigenvalue weighted by Crippen LogP contribution is 2.28. The average Bonchev–Trinajstić information content (AvgIpc) is 2.51. The smallest absolute Gasteiger partial charge is 0.407 e. The maximum absolute atomic E-state index is 11.8. The highest BCUT2D eigenvalue weighted by molar-refractivity contribution is 5.96. The Morgan fingerprint density at radius 1 is 1.08 bits per heavy atom. The molecule has 2 aromatic rings. The minimum Gasteiger partial charge on any atom is -0.478 e. The van der Waals surface area contributed by atoms with E-state index in [0.717, 1.165) is 16.7 Å². The zero-order valence-electron chi connectivity index (χ0n) is 14.9. The first-order valence-corrected chi connectivity index (χ1v) is 8.06. The van der Waals surface area contributed by atoms with E-state index < -0.39 is 17.7 Å². The van der Waals surface area contributed by atoms with Crippen LogP contribution in [0.3, 0.4) is 0 Å². The summed E-state index contributed by atoms with van der Waals surface area (Å²) in [6, 6.07) is 12.7. The number of carbonyl (C=O) groups is 2. The number of hydrogen-bond donors (Lipinski definition) is 2. The predicted octanol–water partition coefficient (Wildman–Crippen LogP) is 4.38. The summed E-state index contributed by atoms with van der Waals surface area (Å²) >= 11 is 0. The van der Waals surface area contributed by atoms with Gasteiger partial charge in [0.1, 0.15) is 5.60 Å². The zero-order valence-corrected chi connectivity index (χ0v) is 14.9. The number of rotatable bonds is 4. The number of aromatic carboxylic acids is 1. The zero-order chi connectivity index (χ0) is 18.6. The van der Waals surface area contributed by atoms with Crippen molar-refractivity contribution in [2.24, 2.45) is 0 Å². The van der Waals surface area contributed by atoms with Gasteiger partial charge in [0.05, 0.1) is 5.56 Å². The third-order valence-electron chi connectivity index (χ3n) is 3.59. The summed E-state index contributed by atoms with van der Waals surface area (Å²) in [4.78, 5) is 23.3. The number of nitrogens with one attached hydrogen (secondary N) is 1. The van der Waals surface area contributed by atoms with Gasteiger partial charge < -0.3 is 15.2 Å². The number of carboxylic acids is 1. The Morgan fingerprint density at radius 2 is 1.76 bits per heavy atom. The van der Waals surface area contributed by atoms with E-state index in [4.69, 9.17) is 4.74 Å². The summed E-state index contributed by atoms with van der Waals surface area (Å²) in [6.45, 7) is 7.58. The number of ether oxygens (including phenoxy) is 1. The van der Waals surface area contributed by atoms with Gasteiger partial charge in [0.25, 0.3) is 0 Å². The molecule has 0 heterocycles. The van der Waals surface area contributed by atoms with Crippen LogP contribution in [-0.4, -0.2) is 22.8 Å². The number of carbonyl (C=O) groups excluding carboxylic acids is 1. The number of aryl methyl sites for hydroxylation is 1. The Hall–Kier alpha value is -2.82. The van der Waals surface area contributed by atoms with Gasteiger partial charge in [-0.2, -0.15) is 0 Å². The number of carboxylic acid groups (broad SMARTS) is 1. The molecule has 0 aliphatic carbocycles. The van der Waals surface area contributed by atoms with Crippen LogP contribution in [0.2, 0.25) is 0 Å². The third-order valence-corrected chi connectivity index (χ3v) is 3.59. The molecule has 0 bridgehead atoms. The van der Waals surface area contributed by atoms with Crippen LogP contribution in [0.1, 0.15) is 42.3 Å². The van der Waals surface area contributed by atoms with Crippen molar-refractivity contribution in [1.82, 2.24) is 5.32 Å². The van der Waals surface area contributed by atoms with Crippen molar-refractivity contribution in [3.05, 3.63) is 59.2 Å². The molecule has 0 aromatic heterocycles. The number of hydrogen-bond acceptors (Lipinski definition) is 3. The molecule has 0 saturated heterocycles. The van der Waals surface area contributed by atoms with E-state index in [1.54, 1.807) is 39.0 Å². The summed E-state index contributed by atoms with van der Waals surface area (Å²) in [5.74, 6) is -0.982. The minimum absolute atomic E-state index is 0.232. The Kier molecular flexibility index (Phi) is 5.47. The van der Waals surface area contributed by atoms with E-state index in [1.807, 2.05) is 31.2 Å². The maximum atomic E-state index is 11.8. The van der Waals surface area contributed by atoms with E-state index in [9.17, 15) is 14.7 Å². The normalized spacial score (nSPS) is 11.0. The van der Waals surface area contributed by atoms with Gasteiger partial charge in [0.2, 0.25) is 0 Å². The molecule has 0 unspecified atom stereocenters. The van der Waals surface area contributed by atoms with Crippen molar-refractivity contribution in [3.63, 3.8) is 0 Å². The van der Waals surface area contributed by atoms with Crippen LogP contribution in [0.25, 0.3) is 11.1 Å². The molecular formula is C20H23NO4. The molecule has 5 heteroatoms. The average molecular weight is 341 g/mol. The Bertz CT molecular complexity index is 791. The minimum atomic E-state index is -0.982. The van der Waals surface area contributed by atoms with Crippen LogP contribution >= 0.6 is 0 Å². The lowest BCUT2D eigenvalue weighted by Gasteiger charge is -2.20. The highest BCUT2D eigenvalue weighted by atomic mass is 16.6.